The Morgan fingerprint density at radius 1 is 1.29 bits per heavy atom. The fourth-order valence-electron chi connectivity index (χ4n) is 1.41. The number of likely N-dealkylation sites (N-methyl/N-ethyl adjacent to an activating group) is 1. The van der Waals surface area contributed by atoms with Crippen molar-refractivity contribution in [2.45, 2.75) is 6.42 Å². The predicted molar refractivity (Wildman–Crippen MR) is 85.1 cm³/mol. The zero-order valence-corrected chi connectivity index (χ0v) is 13.2. The lowest BCUT2D eigenvalue weighted by Crippen LogP contribution is -2.09. The van der Waals surface area contributed by atoms with Crippen molar-refractivity contribution in [3.8, 4) is 11.3 Å². The minimum atomic E-state index is 0. The van der Waals surface area contributed by atoms with E-state index in [4.69, 9.17) is 0 Å². The summed E-state index contributed by atoms with van der Waals surface area (Å²) in [5.41, 5.74) is 2.29. The molecule has 0 radical (unpaired) electrons. The molecule has 92 valence electrons. The lowest BCUT2D eigenvalue weighted by atomic mass is 10.2. The van der Waals surface area contributed by atoms with Crippen molar-refractivity contribution in [2.24, 2.45) is 0 Å². The van der Waals surface area contributed by atoms with E-state index in [1.54, 1.807) is 11.3 Å². The standard InChI is InChI=1S/C12H13IN2S.ClH/c1-14-7-6-12-15-11(8-16-12)9-2-4-10(13)5-3-9;/h2-5,8,14H,6-7H2,1H3;1H. The van der Waals surface area contributed by atoms with Crippen molar-refractivity contribution >= 4 is 46.3 Å². The number of hydrogen-bond acceptors (Lipinski definition) is 3. The van der Waals surface area contributed by atoms with E-state index in [1.165, 1.54) is 14.1 Å². The van der Waals surface area contributed by atoms with Crippen LogP contribution in [0, 0.1) is 3.57 Å². The third-order valence-electron chi connectivity index (χ3n) is 2.28. The SMILES string of the molecule is CNCCc1nc(-c2ccc(I)cc2)cs1.Cl. The molecule has 1 heterocycles. The van der Waals surface area contributed by atoms with Crippen molar-refractivity contribution in [3.05, 3.63) is 38.2 Å². The lowest BCUT2D eigenvalue weighted by Gasteiger charge is -1.97. The second-order valence-corrected chi connectivity index (χ2v) is 5.68. The summed E-state index contributed by atoms with van der Waals surface area (Å²) in [4.78, 5) is 4.62. The molecule has 0 aliphatic rings. The van der Waals surface area contributed by atoms with Gasteiger partial charge in [-0.2, -0.15) is 0 Å². The first-order chi connectivity index (χ1) is 7.79. The van der Waals surface area contributed by atoms with Gasteiger partial charge in [0.05, 0.1) is 10.7 Å². The van der Waals surface area contributed by atoms with Gasteiger partial charge in [0, 0.05) is 27.5 Å². The van der Waals surface area contributed by atoms with Crippen molar-refractivity contribution in [1.29, 1.82) is 0 Å². The summed E-state index contributed by atoms with van der Waals surface area (Å²) in [5.74, 6) is 0. The van der Waals surface area contributed by atoms with E-state index in [0.717, 1.165) is 18.7 Å². The highest BCUT2D eigenvalue weighted by molar-refractivity contribution is 14.1. The Hall–Kier alpha value is -0.170. The highest BCUT2D eigenvalue weighted by Crippen LogP contribution is 2.22. The quantitative estimate of drug-likeness (QED) is 0.820. The molecule has 0 aliphatic carbocycles. The van der Waals surface area contributed by atoms with Crippen molar-refractivity contribution in [1.82, 2.24) is 10.3 Å². The number of benzene rings is 1. The first-order valence-electron chi connectivity index (χ1n) is 5.14. The molecule has 2 aromatic rings. The highest BCUT2D eigenvalue weighted by Gasteiger charge is 2.03. The van der Waals surface area contributed by atoms with Gasteiger partial charge in [0.2, 0.25) is 0 Å². The molecule has 0 atom stereocenters. The Morgan fingerprint density at radius 3 is 2.65 bits per heavy atom. The fourth-order valence-corrected chi connectivity index (χ4v) is 2.58. The monoisotopic (exact) mass is 380 g/mol. The first kappa shape index (κ1) is 14.9. The largest absolute Gasteiger partial charge is 0.319 e. The average Bonchev–Trinajstić information content (AvgIpc) is 2.76. The summed E-state index contributed by atoms with van der Waals surface area (Å²) in [6.07, 6.45) is 1.01. The predicted octanol–water partition coefficient (Wildman–Crippen LogP) is 3.60. The maximum Gasteiger partial charge on any atom is 0.0945 e. The summed E-state index contributed by atoms with van der Waals surface area (Å²) in [6.45, 7) is 0.986. The molecule has 0 spiro atoms. The molecule has 2 nitrogen and oxygen atoms in total. The van der Waals surface area contributed by atoms with Gasteiger partial charge < -0.3 is 5.32 Å². The smallest absolute Gasteiger partial charge is 0.0945 e. The van der Waals surface area contributed by atoms with Crippen LogP contribution in [-0.2, 0) is 6.42 Å². The van der Waals surface area contributed by atoms with E-state index in [9.17, 15) is 0 Å². The van der Waals surface area contributed by atoms with Gasteiger partial charge in [-0.25, -0.2) is 4.98 Å². The third kappa shape index (κ3) is 4.21. The number of hydrogen-bond donors (Lipinski definition) is 1. The molecule has 0 saturated heterocycles. The number of nitrogens with one attached hydrogen (secondary N) is 1. The summed E-state index contributed by atoms with van der Waals surface area (Å²) < 4.78 is 1.26. The molecule has 1 aromatic carbocycles. The summed E-state index contributed by atoms with van der Waals surface area (Å²) in [6, 6.07) is 8.47. The summed E-state index contributed by atoms with van der Waals surface area (Å²) >= 11 is 4.05. The van der Waals surface area contributed by atoms with Gasteiger partial charge >= 0.3 is 0 Å². The molecule has 5 heteroatoms. The number of rotatable bonds is 4. The molecule has 1 aromatic heterocycles. The molecule has 0 bridgehead atoms. The maximum atomic E-state index is 4.62. The molecule has 1 N–H and O–H groups in total. The van der Waals surface area contributed by atoms with Gasteiger partial charge in [-0.05, 0) is 41.8 Å². The van der Waals surface area contributed by atoms with Gasteiger partial charge in [0.25, 0.3) is 0 Å². The molecular formula is C12H14ClIN2S. The van der Waals surface area contributed by atoms with Crippen LogP contribution < -0.4 is 5.32 Å². The zero-order chi connectivity index (χ0) is 11.4. The fraction of sp³-hybridized carbons (Fsp3) is 0.250. The van der Waals surface area contributed by atoms with Crippen LogP contribution in [0.3, 0.4) is 0 Å². The van der Waals surface area contributed by atoms with Crippen LogP contribution in [0.4, 0.5) is 0 Å². The van der Waals surface area contributed by atoms with Gasteiger partial charge in [-0.15, -0.1) is 23.7 Å². The van der Waals surface area contributed by atoms with E-state index in [0.29, 0.717) is 0 Å². The van der Waals surface area contributed by atoms with Crippen LogP contribution >= 0.6 is 46.3 Å². The summed E-state index contributed by atoms with van der Waals surface area (Å²) in [7, 11) is 1.97. The summed E-state index contributed by atoms with van der Waals surface area (Å²) in [5, 5.41) is 6.47. The number of thiazole rings is 1. The van der Waals surface area contributed by atoms with Crippen molar-refractivity contribution < 1.29 is 0 Å². The second kappa shape index (κ2) is 7.31. The first-order valence-corrected chi connectivity index (χ1v) is 7.10. The topological polar surface area (TPSA) is 24.9 Å². The van der Waals surface area contributed by atoms with Crippen LogP contribution in [0.15, 0.2) is 29.6 Å². The van der Waals surface area contributed by atoms with Gasteiger partial charge in [-0.3, -0.25) is 0 Å². The Labute approximate surface area is 125 Å². The molecular weight excluding hydrogens is 367 g/mol. The number of nitrogens with zero attached hydrogens (tertiary/aromatic N) is 1. The van der Waals surface area contributed by atoms with E-state index in [-0.39, 0.29) is 12.4 Å². The molecule has 0 fully saturated rings. The van der Waals surface area contributed by atoms with E-state index in [2.05, 4.69) is 62.5 Å². The van der Waals surface area contributed by atoms with E-state index in [1.807, 2.05) is 7.05 Å². The number of halogens is 2. The van der Waals surface area contributed by atoms with Gasteiger partial charge in [0.15, 0.2) is 0 Å². The zero-order valence-electron chi connectivity index (χ0n) is 9.44. The number of aromatic nitrogens is 1. The Morgan fingerprint density at radius 2 is 2.00 bits per heavy atom. The average molecular weight is 381 g/mol. The molecule has 2 rings (SSSR count). The Kier molecular flexibility index (Phi) is 6.40. The normalized spacial score (nSPS) is 10.0. The van der Waals surface area contributed by atoms with Crippen molar-refractivity contribution in [3.63, 3.8) is 0 Å². The van der Waals surface area contributed by atoms with Crippen LogP contribution in [0.1, 0.15) is 5.01 Å². The van der Waals surface area contributed by atoms with E-state index >= 15 is 0 Å². The van der Waals surface area contributed by atoms with Crippen LogP contribution in [0.2, 0.25) is 0 Å². The molecule has 17 heavy (non-hydrogen) atoms. The Bertz CT molecular complexity index is 456. The van der Waals surface area contributed by atoms with Crippen molar-refractivity contribution in [2.75, 3.05) is 13.6 Å². The minimum absolute atomic E-state index is 0. The molecule has 0 unspecified atom stereocenters. The maximum absolute atomic E-state index is 4.62. The van der Waals surface area contributed by atoms with Crippen LogP contribution in [0.25, 0.3) is 11.3 Å². The minimum Gasteiger partial charge on any atom is -0.319 e. The van der Waals surface area contributed by atoms with Crippen LogP contribution in [-0.4, -0.2) is 18.6 Å². The lowest BCUT2D eigenvalue weighted by molar-refractivity contribution is 0.788. The highest BCUT2D eigenvalue weighted by atomic mass is 127. The van der Waals surface area contributed by atoms with Crippen LogP contribution in [0.5, 0.6) is 0 Å². The molecule has 0 aliphatic heterocycles. The Balaban J connectivity index is 0.00000144. The van der Waals surface area contributed by atoms with E-state index < -0.39 is 0 Å². The van der Waals surface area contributed by atoms with Gasteiger partial charge in [0.1, 0.15) is 0 Å². The molecule has 0 saturated carbocycles. The third-order valence-corrected chi connectivity index (χ3v) is 3.91. The molecule has 0 amide bonds. The van der Waals surface area contributed by atoms with Gasteiger partial charge in [-0.1, -0.05) is 12.1 Å². The second-order valence-electron chi connectivity index (χ2n) is 3.49.